The zero-order chi connectivity index (χ0) is 22.4. The number of fused-ring (bicyclic) bond motifs is 2. The van der Waals surface area contributed by atoms with Crippen molar-refractivity contribution in [3.63, 3.8) is 0 Å². The molecule has 0 spiro atoms. The van der Waals surface area contributed by atoms with E-state index in [1.807, 2.05) is 24.3 Å². The lowest BCUT2D eigenvalue weighted by Gasteiger charge is -2.26. The van der Waals surface area contributed by atoms with Gasteiger partial charge in [0, 0.05) is 16.5 Å². The molecule has 2 atom stereocenters. The van der Waals surface area contributed by atoms with Crippen molar-refractivity contribution >= 4 is 29.2 Å². The molecule has 1 saturated heterocycles. The Morgan fingerprint density at radius 2 is 1.69 bits per heavy atom. The molecule has 0 amide bonds. The largest absolute Gasteiger partial charge is 0.493 e. The summed E-state index contributed by atoms with van der Waals surface area (Å²) >= 11 is 6.06. The molecule has 2 aliphatic heterocycles. The first kappa shape index (κ1) is 20.4. The zero-order valence-corrected chi connectivity index (χ0v) is 18.3. The Labute approximate surface area is 188 Å². The summed E-state index contributed by atoms with van der Waals surface area (Å²) in [4.78, 5) is 17.3. The number of esters is 1. The number of ether oxygens (including phenoxy) is 4. The Morgan fingerprint density at radius 1 is 1.00 bits per heavy atom. The topological polar surface area (TPSA) is 92.4 Å². The molecule has 0 bridgehead atoms. The average molecular weight is 455 g/mol. The first-order valence-corrected chi connectivity index (χ1v) is 10.2. The lowest BCUT2D eigenvalue weighted by Crippen LogP contribution is -2.28. The summed E-state index contributed by atoms with van der Waals surface area (Å²) in [7, 11) is 4.63. The summed E-state index contributed by atoms with van der Waals surface area (Å²) in [6, 6.07) is 10.9. The van der Waals surface area contributed by atoms with Gasteiger partial charge < -0.3 is 23.5 Å². The highest BCUT2D eigenvalue weighted by molar-refractivity contribution is 6.30. The predicted octanol–water partition coefficient (Wildman–Crippen LogP) is 4.41. The van der Waals surface area contributed by atoms with E-state index in [1.54, 1.807) is 26.4 Å². The van der Waals surface area contributed by atoms with E-state index in [2.05, 4.69) is 10.1 Å². The summed E-state index contributed by atoms with van der Waals surface area (Å²) in [5, 5.41) is 4.88. The predicted molar refractivity (Wildman–Crippen MR) is 116 cm³/mol. The third-order valence-corrected chi connectivity index (χ3v) is 5.99. The van der Waals surface area contributed by atoms with Gasteiger partial charge in [-0.05, 0) is 29.8 Å². The van der Waals surface area contributed by atoms with Crippen LogP contribution in [0.3, 0.4) is 0 Å². The number of cyclic esters (lactones) is 1. The monoisotopic (exact) mass is 454 g/mol. The Morgan fingerprint density at radius 3 is 2.31 bits per heavy atom. The van der Waals surface area contributed by atoms with Crippen LogP contribution in [0.25, 0.3) is 11.3 Å². The Balaban J connectivity index is 1.75. The van der Waals surface area contributed by atoms with Crippen LogP contribution in [-0.2, 0) is 9.53 Å². The van der Waals surface area contributed by atoms with Crippen LogP contribution >= 0.6 is 11.6 Å². The van der Waals surface area contributed by atoms with Gasteiger partial charge in [0.2, 0.25) is 5.75 Å². The second kappa shape index (κ2) is 7.87. The number of nitrogens with zero attached hydrogens (tertiary/aromatic N) is 2. The molecule has 9 heteroatoms. The van der Waals surface area contributed by atoms with Crippen molar-refractivity contribution in [1.29, 1.82) is 0 Å². The van der Waals surface area contributed by atoms with Gasteiger partial charge in [0.15, 0.2) is 11.5 Å². The number of aromatic nitrogens is 1. The van der Waals surface area contributed by atoms with E-state index in [1.165, 1.54) is 7.11 Å². The lowest BCUT2D eigenvalue weighted by atomic mass is 9.76. The maximum Gasteiger partial charge on any atom is 0.316 e. The third kappa shape index (κ3) is 3.10. The minimum atomic E-state index is -0.615. The highest BCUT2D eigenvalue weighted by Crippen LogP contribution is 2.51. The van der Waals surface area contributed by atoms with E-state index in [4.69, 9.17) is 35.1 Å². The minimum Gasteiger partial charge on any atom is -0.493 e. The maximum atomic E-state index is 12.8. The molecule has 1 aromatic heterocycles. The van der Waals surface area contributed by atoms with Gasteiger partial charge in [-0.25, -0.2) is 4.99 Å². The molecular weight excluding hydrogens is 436 g/mol. The van der Waals surface area contributed by atoms with Crippen LogP contribution in [0.15, 0.2) is 45.9 Å². The van der Waals surface area contributed by atoms with Gasteiger partial charge >= 0.3 is 5.97 Å². The van der Waals surface area contributed by atoms with Crippen molar-refractivity contribution in [2.75, 3.05) is 27.9 Å². The van der Waals surface area contributed by atoms with Crippen LogP contribution in [0.5, 0.6) is 17.2 Å². The van der Waals surface area contributed by atoms with E-state index in [0.29, 0.717) is 45.1 Å². The molecule has 0 aliphatic carbocycles. The SMILES string of the molecule is COc1cc(C2c3c(-c4ccc(Cl)cc4)noc3N=C3COC(=O)C32)cc(OC)c1OC. The molecule has 5 rings (SSSR count). The van der Waals surface area contributed by atoms with Gasteiger partial charge in [-0.15, -0.1) is 0 Å². The van der Waals surface area contributed by atoms with Crippen molar-refractivity contribution in [2.24, 2.45) is 10.9 Å². The molecule has 2 unspecified atom stereocenters. The number of benzene rings is 2. The molecule has 0 saturated carbocycles. The number of carbonyl (C=O) groups excluding carboxylic acids is 1. The van der Waals surface area contributed by atoms with Gasteiger partial charge in [-0.2, -0.15) is 0 Å². The van der Waals surface area contributed by atoms with Gasteiger partial charge in [0.05, 0.1) is 32.6 Å². The van der Waals surface area contributed by atoms with Crippen LogP contribution in [0.1, 0.15) is 17.0 Å². The Hall–Kier alpha value is -3.52. The molecule has 164 valence electrons. The number of hydrogen-bond acceptors (Lipinski definition) is 8. The normalized spacial score (nSPS) is 19.0. The molecule has 1 fully saturated rings. The molecule has 2 aliphatic rings. The number of methoxy groups -OCH3 is 3. The summed E-state index contributed by atoms with van der Waals surface area (Å²) in [5.41, 5.74) is 3.42. The van der Waals surface area contributed by atoms with Gasteiger partial charge in [0.1, 0.15) is 18.2 Å². The minimum absolute atomic E-state index is 0.112. The van der Waals surface area contributed by atoms with Crippen LogP contribution in [0.2, 0.25) is 5.02 Å². The molecule has 0 radical (unpaired) electrons. The van der Waals surface area contributed by atoms with E-state index < -0.39 is 11.8 Å². The number of rotatable bonds is 5. The van der Waals surface area contributed by atoms with Gasteiger partial charge in [0.25, 0.3) is 5.88 Å². The molecule has 2 aromatic carbocycles. The molecule has 8 nitrogen and oxygen atoms in total. The molecular formula is C23H19ClN2O6. The van der Waals surface area contributed by atoms with Crippen LogP contribution in [0.4, 0.5) is 5.88 Å². The molecule has 3 heterocycles. The van der Waals surface area contributed by atoms with Crippen molar-refractivity contribution in [3.8, 4) is 28.5 Å². The maximum absolute atomic E-state index is 12.8. The van der Waals surface area contributed by atoms with Crippen LogP contribution in [0, 0.1) is 5.92 Å². The molecule has 32 heavy (non-hydrogen) atoms. The fourth-order valence-electron chi connectivity index (χ4n) is 4.29. The van der Waals surface area contributed by atoms with Gasteiger partial charge in [-0.3, -0.25) is 4.79 Å². The zero-order valence-electron chi connectivity index (χ0n) is 17.5. The van der Waals surface area contributed by atoms with Gasteiger partial charge in [-0.1, -0.05) is 28.9 Å². The van der Waals surface area contributed by atoms with Crippen LogP contribution in [-0.4, -0.2) is 44.8 Å². The van der Waals surface area contributed by atoms with E-state index >= 15 is 0 Å². The van der Waals surface area contributed by atoms with E-state index in [-0.39, 0.29) is 12.6 Å². The van der Waals surface area contributed by atoms with Crippen molar-refractivity contribution in [1.82, 2.24) is 5.16 Å². The Kier molecular flexibility index (Phi) is 5.01. The molecule has 3 aromatic rings. The number of halogens is 1. The van der Waals surface area contributed by atoms with Crippen molar-refractivity contribution < 1.29 is 28.3 Å². The Bertz CT molecular complexity index is 1210. The average Bonchev–Trinajstić information content (AvgIpc) is 3.40. The summed E-state index contributed by atoms with van der Waals surface area (Å²) < 4.78 is 27.5. The highest BCUT2D eigenvalue weighted by Gasteiger charge is 2.48. The standard InChI is InChI=1S/C23H19ClN2O6/c1-28-15-8-12(9-16(29-2)21(15)30-3)17-18-14(10-31-23(18)27)25-22-19(17)20(26-32-22)11-4-6-13(24)7-5-11/h4-9,17-18H,10H2,1-3H3. The first-order valence-electron chi connectivity index (χ1n) is 9.85. The van der Waals surface area contributed by atoms with Crippen molar-refractivity contribution in [2.45, 2.75) is 5.92 Å². The van der Waals surface area contributed by atoms with E-state index in [0.717, 1.165) is 11.1 Å². The smallest absolute Gasteiger partial charge is 0.316 e. The fourth-order valence-corrected chi connectivity index (χ4v) is 4.42. The third-order valence-electron chi connectivity index (χ3n) is 5.74. The van der Waals surface area contributed by atoms with Crippen LogP contribution < -0.4 is 14.2 Å². The number of hydrogen-bond donors (Lipinski definition) is 0. The summed E-state index contributed by atoms with van der Waals surface area (Å²) in [6.07, 6.45) is 0. The quantitative estimate of drug-likeness (QED) is 0.527. The first-order chi connectivity index (χ1) is 15.5. The fraction of sp³-hybridized carbons (Fsp3) is 0.261. The number of aliphatic imine (C=N–C) groups is 1. The lowest BCUT2D eigenvalue weighted by molar-refractivity contribution is -0.141. The van der Waals surface area contributed by atoms with E-state index in [9.17, 15) is 4.79 Å². The second-order valence-corrected chi connectivity index (χ2v) is 7.82. The summed E-state index contributed by atoms with van der Waals surface area (Å²) in [5.74, 6) is 0.316. The summed E-state index contributed by atoms with van der Waals surface area (Å²) in [6.45, 7) is 0.112. The molecule has 0 N–H and O–H groups in total. The van der Waals surface area contributed by atoms with Crippen molar-refractivity contribution in [3.05, 3.63) is 52.5 Å². The number of carbonyl (C=O) groups is 1. The second-order valence-electron chi connectivity index (χ2n) is 7.38. The highest BCUT2D eigenvalue weighted by atomic mass is 35.5.